The number of hydrogen-bond acceptors (Lipinski definition) is 5. The molecule has 0 saturated heterocycles. The molecule has 5 nitrogen and oxygen atoms in total. The lowest BCUT2D eigenvalue weighted by atomic mass is 9.65. The molecule has 1 aliphatic carbocycles. The lowest BCUT2D eigenvalue weighted by molar-refractivity contribution is -0.126. The molecule has 162 valence electrons. The number of nitrogens with one attached hydrogen (secondary N) is 1. The normalized spacial score (nSPS) is 28.6. The number of carbonyl (C=O) groups is 1. The molecule has 1 amide bonds. The molecule has 0 aromatic carbocycles. The fourth-order valence-corrected chi connectivity index (χ4v) is 5.33. The third-order valence-electron chi connectivity index (χ3n) is 5.78. The zero-order valence-corrected chi connectivity index (χ0v) is 19.5. The molecule has 1 fully saturated rings. The Morgan fingerprint density at radius 1 is 1.36 bits per heavy atom. The summed E-state index contributed by atoms with van der Waals surface area (Å²) in [5.41, 5.74) is -1.24. The van der Waals surface area contributed by atoms with Crippen LogP contribution >= 0.6 is 11.8 Å². The van der Waals surface area contributed by atoms with Gasteiger partial charge in [-0.1, -0.05) is 46.2 Å². The summed E-state index contributed by atoms with van der Waals surface area (Å²) in [6.45, 7) is 15.9. The molecule has 0 bridgehead atoms. The van der Waals surface area contributed by atoms with Crippen LogP contribution in [0, 0.1) is 11.8 Å². The average molecular weight is 413 g/mol. The standard InChI is InChI=1S/C22H40N2O3S/c1-8-11-12-28-18(9-2)19(27-23-7)20(25)24-22(10-3)14-17(16(4)5)13-21(6,26)15-22/h16-17,26H,7-15H2,1-6H3,(H,24,25)/b19-18+. The third-order valence-corrected chi connectivity index (χ3v) is 7.10. The Morgan fingerprint density at radius 2 is 2.04 bits per heavy atom. The van der Waals surface area contributed by atoms with Gasteiger partial charge in [-0.05, 0) is 63.0 Å². The second-order valence-corrected chi connectivity index (χ2v) is 9.89. The minimum Gasteiger partial charge on any atom is -0.390 e. The molecule has 2 N–H and O–H groups in total. The van der Waals surface area contributed by atoms with E-state index in [-0.39, 0.29) is 11.7 Å². The molecule has 0 aromatic heterocycles. The summed E-state index contributed by atoms with van der Waals surface area (Å²) in [5, 5.41) is 17.7. The van der Waals surface area contributed by atoms with Crippen LogP contribution in [0.4, 0.5) is 0 Å². The van der Waals surface area contributed by atoms with Gasteiger partial charge in [0.05, 0.1) is 5.60 Å². The van der Waals surface area contributed by atoms with Crippen molar-refractivity contribution in [1.82, 2.24) is 5.32 Å². The maximum atomic E-state index is 13.2. The molecule has 0 spiro atoms. The van der Waals surface area contributed by atoms with E-state index in [0.29, 0.717) is 24.7 Å². The van der Waals surface area contributed by atoms with Gasteiger partial charge in [0, 0.05) is 17.2 Å². The van der Waals surface area contributed by atoms with E-state index in [1.54, 1.807) is 11.8 Å². The predicted molar refractivity (Wildman–Crippen MR) is 119 cm³/mol. The van der Waals surface area contributed by atoms with Crippen molar-refractivity contribution in [2.75, 3.05) is 5.75 Å². The Labute approximate surface area is 175 Å². The molecular weight excluding hydrogens is 372 g/mol. The van der Waals surface area contributed by atoms with E-state index in [2.05, 4.69) is 44.9 Å². The monoisotopic (exact) mass is 412 g/mol. The lowest BCUT2D eigenvalue weighted by Gasteiger charge is -2.48. The van der Waals surface area contributed by atoms with Crippen LogP contribution in [0.1, 0.15) is 86.5 Å². The van der Waals surface area contributed by atoms with E-state index < -0.39 is 11.1 Å². The number of rotatable bonds is 11. The summed E-state index contributed by atoms with van der Waals surface area (Å²) in [4.78, 5) is 19.4. The second kappa shape index (κ2) is 11.2. The Kier molecular flexibility index (Phi) is 10.1. The number of allylic oxidation sites excluding steroid dienone is 1. The van der Waals surface area contributed by atoms with Gasteiger partial charge in [0.15, 0.2) is 0 Å². The fourth-order valence-electron chi connectivity index (χ4n) is 4.19. The number of carbonyl (C=O) groups excluding carboxylic acids is 1. The summed E-state index contributed by atoms with van der Waals surface area (Å²) in [6.07, 6.45) is 5.84. The number of unbranched alkanes of at least 4 members (excludes halogenated alkanes) is 1. The van der Waals surface area contributed by atoms with Crippen molar-refractivity contribution in [3.63, 3.8) is 0 Å². The lowest BCUT2D eigenvalue weighted by Crippen LogP contribution is -2.58. The smallest absolute Gasteiger partial charge is 0.291 e. The Bertz CT molecular complexity index is 560. The van der Waals surface area contributed by atoms with Gasteiger partial charge in [-0.25, -0.2) is 0 Å². The molecule has 1 rings (SSSR count). The van der Waals surface area contributed by atoms with Gasteiger partial charge in [0.1, 0.15) is 0 Å². The molecule has 0 aromatic rings. The minimum absolute atomic E-state index is 0.248. The van der Waals surface area contributed by atoms with Gasteiger partial charge in [0.2, 0.25) is 5.76 Å². The topological polar surface area (TPSA) is 70.9 Å². The highest BCUT2D eigenvalue weighted by molar-refractivity contribution is 8.03. The molecular formula is C22H40N2O3S. The van der Waals surface area contributed by atoms with Crippen LogP contribution in [0.25, 0.3) is 0 Å². The van der Waals surface area contributed by atoms with Gasteiger partial charge < -0.3 is 15.3 Å². The van der Waals surface area contributed by atoms with Crippen molar-refractivity contribution >= 4 is 24.4 Å². The number of oxime groups is 1. The van der Waals surface area contributed by atoms with Gasteiger partial charge in [-0.3, -0.25) is 4.79 Å². The molecule has 28 heavy (non-hydrogen) atoms. The Balaban J connectivity index is 3.12. The van der Waals surface area contributed by atoms with Crippen LogP contribution in [-0.2, 0) is 9.63 Å². The van der Waals surface area contributed by atoms with Crippen molar-refractivity contribution in [3.8, 4) is 0 Å². The first-order chi connectivity index (χ1) is 13.1. The average Bonchev–Trinajstić information content (AvgIpc) is 2.62. The Hall–Kier alpha value is -1.01. The van der Waals surface area contributed by atoms with Crippen LogP contribution in [-0.4, -0.2) is 34.6 Å². The van der Waals surface area contributed by atoms with Gasteiger partial charge in [-0.15, -0.1) is 11.8 Å². The SMILES string of the molecule is C=NO/C(C(=O)NC1(CC)CC(C(C)C)CC(C)(O)C1)=C(\CC)SCCCC. The number of nitrogens with zero attached hydrogens (tertiary/aromatic N) is 1. The van der Waals surface area contributed by atoms with Crippen molar-refractivity contribution in [2.24, 2.45) is 17.0 Å². The van der Waals surface area contributed by atoms with E-state index in [1.807, 2.05) is 13.8 Å². The summed E-state index contributed by atoms with van der Waals surface area (Å²) < 4.78 is 0. The van der Waals surface area contributed by atoms with E-state index in [9.17, 15) is 9.90 Å². The maximum absolute atomic E-state index is 13.2. The van der Waals surface area contributed by atoms with E-state index >= 15 is 0 Å². The molecule has 0 heterocycles. The highest BCUT2D eigenvalue weighted by atomic mass is 32.2. The number of thioether (sulfide) groups is 1. The first-order valence-electron chi connectivity index (χ1n) is 10.7. The molecule has 3 unspecified atom stereocenters. The maximum Gasteiger partial charge on any atom is 0.291 e. The molecule has 1 aliphatic rings. The molecule has 3 atom stereocenters. The van der Waals surface area contributed by atoms with Crippen molar-refractivity contribution < 1.29 is 14.7 Å². The van der Waals surface area contributed by atoms with Gasteiger partial charge in [-0.2, -0.15) is 0 Å². The summed E-state index contributed by atoms with van der Waals surface area (Å²) in [6, 6.07) is 0. The quantitative estimate of drug-likeness (QED) is 0.160. The van der Waals surface area contributed by atoms with Crippen LogP contribution in [0.15, 0.2) is 15.8 Å². The summed E-state index contributed by atoms with van der Waals surface area (Å²) >= 11 is 1.65. The fraction of sp³-hybridized carbons (Fsp3) is 0.818. The first kappa shape index (κ1) is 25.0. The first-order valence-corrected chi connectivity index (χ1v) is 11.7. The summed E-state index contributed by atoms with van der Waals surface area (Å²) in [7, 11) is 0. The minimum atomic E-state index is -0.790. The zero-order valence-electron chi connectivity index (χ0n) is 18.6. The van der Waals surface area contributed by atoms with E-state index in [1.165, 1.54) is 0 Å². The number of hydrogen-bond donors (Lipinski definition) is 2. The van der Waals surface area contributed by atoms with E-state index in [4.69, 9.17) is 4.84 Å². The molecule has 1 saturated carbocycles. The second-order valence-electron chi connectivity index (χ2n) is 8.70. The highest BCUT2D eigenvalue weighted by Crippen LogP contribution is 2.43. The van der Waals surface area contributed by atoms with Crippen LogP contribution in [0.3, 0.4) is 0 Å². The van der Waals surface area contributed by atoms with Crippen molar-refractivity contribution in [1.29, 1.82) is 0 Å². The Morgan fingerprint density at radius 3 is 2.54 bits per heavy atom. The van der Waals surface area contributed by atoms with Crippen LogP contribution in [0.5, 0.6) is 0 Å². The van der Waals surface area contributed by atoms with Crippen LogP contribution in [0.2, 0.25) is 0 Å². The van der Waals surface area contributed by atoms with Gasteiger partial charge >= 0.3 is 0 Å². The highest BCUT2D eigenvalue weighted by Gasteiger charge is 2.46. The van der Waals surface area contributed by atoms with E-state index in [0.717, 1.165) is 42.8 Å². The number of amides is 1. The molecule has 0 radical (unpaired) electrons. The molecule has 6 heteroatoms. The van der Waals surface area contributed by atoms with Crippen molar-refractivity contribution in [3.05, 3.63) is 10.7 Å². The largest absolute Gasteiger partial charge is 0.390 e. The van der Waals surface area contributed by atoms with Crippen LogP contribution < -0.4 is 5.32 Å². The summed E-state index contributed by atoms with van der Waals surface area (Å²) in [5.74, 6) is 1.75. The predicted octanol–water partition coefficient (Wildman–Crippen LogP) is 5.25. The van der Waals surface area contributed by atoms with Crippen molar-refractivity contribution in [2.45, 2.75) is 97.6 Å². The molecule has 0 aliphatic heterocycles. The third kappa shape index (κ3) is 7.11. The van der Waals surface area contributed by atoms with Gasteiger partial charge in [0.25, 0.3) is 5.91 Å². The number of aliphatic hydroxyl groups is 1. The zero-order chi connectivity index (χ0) is 21.4.